The number of fused-ring (bicyclic) bond motifs is 2. The lowest BCUT2D eigenvalue weighted by Crippen LogP contribution is -2.37. The van der Waals surface area contributed by atoms with Crippen LogP contribution < -0.4 is 10.2 Å². The Kier molecular flexibility index (Phi) is 5.64. The van der Waals surface area contributed by atoms with Crippen molar-refractivity contribution in [2.24, 2.45) is 0 Å². The van der Waals surface area contributed by atoms with Crippen LogP contribution in [0.25, 0.3) is 22.0 Å². The maximum absolute atomic E-state index is 14.9. The molecule has 1 amide bonds. The maximum Gasteiger partial charge on any atom is 0.251 e. The Morgan fingerprint density at radius 3 is 2.83 bits per heavy atom. The largest absolute Gasteiger partial charge is 0.373 e. The third-order valence-electron chi connectivity index (χ3n) is 6.98. The predicted molar refractivity (Wildman–Crippen MR) is 138 cm³/mol. The normalized spacial score (nSPS) is 19.0. The molecule has 1 atom stereocenters. The van der Waals surface area contributed by atoms with Crippen molar-refractivity contribution in [2.45, 2.75) is 32.2 Å². The SMILES string of the molecule is C[C@@]1(F)COCc2ccc(C(=O)NCc3cc4cc(-c5cccc(N6CCC6)n5)ccc4cn3)cc21. The first-order valence-electron chi connectivity index (χ1n) is 12.3. The number of rotatable bonds is 5. The molecular weight excluding hydrogens is 455 g/mol. The average molecular weight is 483 g/mol. The topological polar surface area (TPSA) is 67.3 Å². The quantitative estimate of drug-likeness (QED) is 0.426. The number of ether oxygens (including phenoxy) is 1. The van der Waals surface area contributed by atoms with Crippen molar-refractivity contribution < 1.29 is 13.9 Å². The van der Waals surface area contributed by atoms with Crippen LogP contribution in [0.4, 0.5) is 10.2 Å². The van der Waals surface area contributed by atoms with Gasteiger partial charge in [0.2, 0.25) is 0 Å². The van der Waals surface area contributed by atoms with Crippen LogP contribution in [0.15, 0.2) is 66.9 Å². The molecule has 2 aliphatic rings. The molecule has 0 saturated carbocycles. The van der Waals surface area contributed by atoms with Gasteiger partial charge in [-0.1, -0.05) is 24.3 Å². The fourth-order valence-electron chi connectivity index (χ4n) is 4.78. The van der Waals surface area contributed by atoms with Crippen molar-refractivity contribution >= 4 is 22.5 Å². The minimum Gasteiger partial charge on any atom is -0.373 e. The van der Waals surface area contributed by atoms with Crippen molar-refractivity contribution in [3.05, 3.63) is 89.2 Å². The summed E-state index contributed by atoms with van der Waals surface area (Å²) in [5.41, 5.74) is 2.84. The molecule has 36 heavy (non-hydrogen) atoms. The Morgan fingerprint density at radius 1 is 1.11 bits per heavy atom. The van der Waals surface area contributed by atoms with Gasteiger partial charge in [-0.2, -0.15) is 0 Å². The van der Waals surface area contributed by atoms with E-state index >= 15 is 0 Å². The van der Waals surface area contributed by atoms with Crippen molar-refractivity contribution in [3.63, 3.8) is 0 Å². The second-order valence-electron chi connectivity index (χ2n) is 9.70. The van der Waals surface area contributed by atoms with E-state index in [1.54, 1.807) is 18.2 Å². The molecule has 4 aromatic rings. The van der Waals surface area contributed by atoms with E-state index in [4.69, 9.17) is 9.72 Å². The molecule has 7 heteroatoms. The highest BCUT2D eigenvalue weighted by Gasteiger charge is 2.33. The van der Waals surface area contributed by atoms with E-state index in [1.807, 2.05) is 30.5 Å². The molecule has 182 valence electrons. The van der Waals surface area contributed by atoms with Crippen molar-refractivity contribution in [1.82, 2.24) is 15.3 Å². The first kappa shape index (κ1) is 22.6. The Labute approximate surface area is 209 Å². The number of aromatic nitrogens is 2. The van der Waals surface area contributed by atoms with Crippen molar-refractivity contribution in [3.8, 4) is 11.3 Å². The third-order valence-corrected chi connectivity index (χ3v) is 6.98. The summed E-state index contributed by atoms with van der Waals surface area (Å²) in [7, 11) is 0. The Bertz CT molecular complexity index is 1470. The number of carbonyl (C=O) groups is 1. The van der Waals surface area contributed by atoms with Crippen LogP contribution >= 0.6 is 0 Å². The lowest BCUT2D eigenvalue weighted by molar-refractivity contribution is -0.00467. The van der Waals surface area contributed by atoms with Crippen LogP contribution in [0.5, 0.6) is 0 Å². The molecule has 6 rings (SSSR count). The lowest BCUT2D eigenvalue weighted by atomic mass is 9.90. The van der Waals surface area contributed by atoms with E-state index in [9.17, 15) is 9.18 Å². The van der Waals surface area contributed by atoms with Gasteiger partial charge in [0.1, 0.15) is 5.82 Å². The Hall–Kier alpha value is -3.84. The molecule has 0 unspecified atom stereocenters. The Morgan fingerprint density at radius 2 is 2.00 bits per heavy atom. The summed E-state index contributed by atoms with van der Waals surface area (Å²) in [5, 5.41) is 4.97. The second-order valence-corrected chi connectivity index (χ2v) is 9.70. The van der Waals surface area contributed by atoms with Gasteiger partial charge >= 0.3 is 0 Å². The maximum atomic E-state index is 14.9. The van der Waals surface area contributed by atoms with Gasteiger partial charge in [-0.25, -0.2) is 9.37 Å². The van der Waals surface area contributed by atoms with Gasteiger partial charge in [0.05, 0.1) is 31.1 Å². The number of hydrogen-bond acceptors (Lipinski definition) is 5. The van der Waals surface area contributed by atoms with Gasteiger partial charge in [-0.3, -0.25) is 9.78 Å². The third kappa shape index (κ3) is 4.31. The fourth-order valence-corrected chi connectivity index (χ4v) is 4.78. The van der Waals surface area contributed by atoms with Gasteiger partial charge in [0, 0.05) is 35.8 Å². The molecule has 2 aromatic carbocycles. The monoisotopic (exact) mass is 482 g/mol. The molecule has 0 aliphatic carbocycles. The number of hydrogen-bond donors (Lipinski definition) is 1. The highest BCUT2D eigenvalue weighted by atomic mass is 19.1. The molecule has 0 spiro atoms. The molecular formula is C29H27FN4O2. The van der Waals surface area contributed by atoms with Crippen molar-refractivity contribution in [2.75, 3.05) is 24.6 Å². The van der Waals surface area contributed by atoms with E-state index in [2.05, 4.69) is 33.4 Å². The summed E-state index contributed by atoms with van der Waals surface area (Å²) in [6.07, 6.45) is 3.03. The summed E-state index contributed by atoms with van der Waals surface area (Å²) < 4.78 is 20.2. The van der Waals surface area contributed by atoms with Crippen LogP contribution in [-0.4, -0.2) is 35.6 Å². The van der Waals surface area contributed by atoms with E-state index < -0.39 is 5.67 Å². The second kappa shape index (κ2) is 8.99. The first-order chi connectivity index (χ1) is 17.5. The zero-order chi connectivity index (χ0) is 24.7. The minimum absolute atomic E-state index is 0.00780. The number of nitrogens with one attached hydrogen (secondary N) is 1. The number of anilines is 1. The smallest absolute Gasteiger partial charge is 0.251 e. The first-order valence-corrected chi connectivity index (χ1v) is 12.3. The number of nitrogens with zero attached hydrogens (tertiary/aromatic N) is 3. The van der Waals surface area contributed by atoms with Crippen LogP contribution in [0.3, 0.4) is 0 Å². The average Bonchev–Trinajstić information content (AvgIpc) is 2.86. The summed E-state index contributed by atoms with van der Waals surface area (Å²) in [6.45, 7) is 4.22. The highest BCUT2D eigenvalue weighted by Crippen LogP contribution is 2.34. The minimum atomic E-state index is -1.61. The number of alkyl halides is 1. The molecule has 1 N–H and O–H groups in total. The van der Waals surface area contributed by atoms with E-state index in [0.29, 0.717) is 17.7 Å². The molecule has 4 heterocycles. The van der Waals surface area contributed by atoms with E-state index in [-0.39, 0.29) is 19.1 Å². The van der Waals surface area contributed by atoms with Crippen LogP contribution in [0, 0.1) is 0 Å². The molecule has 2 aliphatic heterocycles. The molecule has 0 bridgehead atoms. The van der Waals surface area contributed by atoms with Crippen LogP contribution in [-0.2, 0) is 23.6 Å². The summed E-state index contributed by atoms with van der Waals surface area (Å²) in [6, 6.07) is 19.4. The number of pyridine rings is 2. The van der Waals surface area contributed by atoms with Gasteiger partial charge in [0.25, 0.3) is 5.91 Å². The molecule has 2 aromatic heterocycles. The highest BCUT2D eigenvalue weighted by molar-refractivity contribution is 5.94. The van der Waals surface area contributed by atoms with E-state index in [1.165, 1.54) is 13.3 Å². The van der Waals surface area contributed by atoms with Gasteiger partial charge in [-0.15, -0.1) is 0 Å². The van der Waals surface area contributed by atoms with Crippen LogP contribution in [0.1, 0.15) is 40.5 Å². The van der Waals surface area contributed by atoms with Gasteiger partial charge < -0.3 is 15.0 Å². The standard InChI is InChI=1S/C29H27FN4O2/c1-29(30)18-36-17-22-9-7-20(14-25(22)29)28(35)32-16-24-13-23-12-19(6-8-21(23)15-31-24)26-4-2-5-27(33-26)34-10-3-11-34/h2,4-9,12-15H,3,10-11,16-18H2,1H3,(H,32,35)/t29-/m1/s1. The summed E-state index contributed by atoms with van der Waals surface area (Å²) in [4.78, 5) is 24.5. The molecule has 1 saturated heterocycles. The number of halogens is 1. The predicted octanol–water partition coefficient (Wildman–Crippen LogP) is 5.15. The number of amides is 1. The fraction of sp³-hybridized carbons (Fsp3) is 0.276. The van der Waals surface area contributed by atoms with Gasteiger partial charge in [-0.05, 0) is 66.3 Å². The lowest BCUT2D eigenvalue weighted by Gasteiger charge is -2.32. The zero-order valence-corrected chi connectivity index (χ0v) is 20.1. The van der Waals surface area contributed by atoms with Crippen LogP contribution in [0.2, 0.25) is 0 Å². The summed E-state index contributed by atoms with van der Waals surface area (Å²) >= 11 is 0. The molecule has 1 fully saturated rings. The van der Waals surface area contributed by atoms with Crippen molar-refractivity contribution in [1.29, 1.82) is 0 Å². The van der Waals surface area contributed by atoms with Gasteiger partial charge in [0.15, 0.2) is 5.67 Å². The zero-order valence-electron chi connectivity index (χ0n) is 20.1. The number of carbonyl (C=O) groups excluding carboxylic acids is 1. The molecule has 6 nitrogen and oxygen atoms in total. The Balaban J connectivity index is 1.20. The summed E-state index contributed by atoms with van der Waals surface area (Å²) in [5.74, 6) is 0.752. The molecule has 0 radical (unpaired) electrons. The number of benzene rings is 2. The van der Waals surface area contributed by atoms with E-state index in [0.717, 1.165) is 52.2 Å².